The molecule has 18 heavy (non-hydrogen) atoms. The van der Waals surface area contributed by atoms with Gasteiger partial charge >= 0.3 is 0 Å². The summed E-state index contributed by atoms with van der Waals surface area (Å²) in [6, 6.07) is 15.1. The minimum Gasteiger partial charge on any atom is -0.399 e. The van der Waals surface area contributed by atoms with Crippen LogP contribution in [0.4, 0.5) is 5.69 Å². The number of fused-ring (bicyclic) bond motifs is 1. The molecule has 0 atom stereocenters. The Kier molecular flexibility index (Phi) is 3.28. The van der Waals surface area contributed by atoms with Crippen LogP contribution in [0.25, 0.3) is 0 Å². The van der Waals surface area contributed by atoms with Crippen LogP contribution >= 0.6 is 11.8 Å². The number of nitrogen functional groups attached to an aromatic ring is 1. The summed E-state index contributed by atoms with van der Waals surface area (Å²) in [5.74, 6) is 1.27. The number of anilines is 1. The van der Waals surface area contributed by atoms with Crippen molar-refractivity contribution < 1.29 is 0 Å². The normalized spacial score (nSPS) is 14.2. The fourth-order valence-corrected chi connectivity index (χ4v) is 3.48. The molecule has 0 saturated carbocycles. The molecule has 2 aromatic rings. The lowest BCUT2D eigenvalue weighted by molar-refractivity contribution is 0.885. The molecule has 3 rings (SSSR count). The standard InChI is InChI=1S/C16H17NS/c17-15-5-1-3-12(11-15)9-13-6-7-16-14(10-13)4-2-8-18-16/h1,3,5-7,10-11H,2,4,8-9,17H2. The van der Waals surface area contributed by atoms with Crippen molar-refractivity contribution in [3.05, 3.63) is 59.2 Å². The lowest BCUT2D eigenvalue weighted by Crippen LogP contribution is -2.00. The molecule has 2 aromatic carbocycles. The van der Waals surface area contributed by atoms with E-state index in [1.165, 1.54) is 40.2 Å². The summed E-state index contributed by atoms with van der Waals surface area (Å²) in [4.78, 5) is 1.47. The highest BCUT2D eigenvalue weighted by Gasteiger charge is 2.10. The average molecular weight is 255 g/mol. The van der Waals surface area contributed by atoms with E-state index in [1.807, 2.05) is 23.9 Å². The highest BCUT2D eigenvalue weighted by Crippen LogP contribution is 2.31. The van der Waals surface area contributed by atoms with Gasteiger partial charge in [-0.05, 0) is 59.9 Å². The third kappa shape index (κ3) is 2.54. The number of rotatable bonds is 2. The molecule has 0 aliphatic carbocycles. The summed E-state index contributed by atoms with van der Waals surface area (Å²) in [7, 11) is 0. The number of hydrogen-bond acceptors (Lipinski definition) is 2. The first kappa shape index (κ1) is 11.7. The van der Waals surface area contributed by atoms with Crippen LogP contribution in [0.2, 0.25) is 0 Å². The van der Waals surface area contributed by atoms with Crippen LogP contribution in [0.15, 0.2) is 47.4 Å². The molecule has 0 fully saturated rings. The third-order valence-electron chi connectivity index (χ3n) is 3.33. The molecule has 2 N–H and O–H groups in total. The Balaban J connectivity index is 1.85. The molecule has 1 nitrogen and oxygen atoms in total. The summed E-state index contributed by atoms with van der Waals surface area (Å²) < 4.78 is 0. The molecule has 1 aliphatic rings. The number of benzene rings is 2. The van der Waals surface area contributed by atoms with Crippen LogP contribution in [0.5, 0.6) is 0 Å². The maximum atomic E-state index is 5.82. The van der Waals surface area contributed by atoms with Crippen molar-refractivity contribution in [1.29, 1.82) is 0 Å². The molecule has 0 amide bonds. The van der Waals surface area contributed by atoms with Gasteiger partial charge in [0.05, 0.1) is 0 Å². The van der Waals surface area contributed by atoms with Crippen molar-refractivity contribution in [3.63, 3.8) is 0 Å². The molecule has 1 heterocycles. The van der Waals surface area contributed by atoms with Crippen molar-refractivity contribution in [2.24, 2.45) is 0 Å². The molecule has 92 valence electrons. The second-order valence-corrected chi connectivity index (χ2v) is 5.95. The average Bonchev–Trinajstić information content (AvgIpc) is 2.39. The Morgan fingerprint density at radius 1 is 1.06 bits per heavy atom. The SMILES string of the molecule is Nc1cccc(Cc2ccc3c(c2)CCCS3)c1. The van der Waals surface area contributed by atoms with Crippen molar-refractivity contribution in [1.82, 2.24) is 0 Å². The van der Waals surface area contributed by atoms with Crippen molar-refractivity contribution in [2.75, 3.05) is 11.5 Å². The van der Waals surface area contributed by atoms with Gasteiger partial charge in [-0.1, -0.05) is 24.3 Å². The molecular weight excluding hydrogens is 238 g/mol. The molecule has 0 radical (unpaired) electrons. The first-order chi connectivity index (χ1) is 8.81. The number of nitrogens with two attached hydrogens (primary N) is 1. The monoisotopic (exact) mass is 255 g/mol. The minimum atomic E-state index is 0.848. The van der Waals surface area contributed by atoms with E-state index in [4.69, 9.17) is 5.73 Å². The highest BCUT2D eigenvalue weighted by molar-refractivity contribution is 7.99. The van der Waals surface area contributed by atoms with Gasteiger partial charge in [0.15, 0.2) is 0 Å². The summed E-state index contributed by atoms with van der Waals surface area (Å²) in [6.07, 6.45) is 3.51. The van der Waals surface area contributed by atoms with Crippen LogP contribution in [0, 0.1) is 0 Å². The van der Waals surface area contributed by atoms with E-state index in [2.05, 4.69) is 30.3 Å². The lowest BCUT2D eigenvalue weighted by Gasteiger charge is -2.16. The second kappa shape index (κ2) is 5.07. The zero-order valence-electron chi connectivity index (χ0n) is 10.4. The lowest BCUT2D eigenvalue weighted by atomic mass is 10.0. The van der Waals surface area contributed by atoms with Gasteiger partial charge in [0.2, 0.25) is 0 Å². The zero-order valence-corrected chi connectivity index (χ0v) is 11.2. The molecule has 2 heteroatoms. The third-order valence-corrected chi connectivity index (χ3v) is 4.53. The van der Waals surface area contributed by atoms with E-state index in [0.717, 1.165) is 12.1 Å². The van der Waals surface area contributed by atoms with Gasteiger partial charge in [0.25, 0.3) is 0 Å². The quantitative estimate of drug-likeness (QED) is 0.824. The predicted molar refractivity (Wildman–Crippen MR) is 79.1 cm³/mol. The van der Waals surface area contributed by atoms with Gasteiger partial charge in [0, 0.05) is 10.6 Å². The van der Waals surface area contributed by atoms with Crippen molar-refractivity contribution >= 4 is 17.4 Å². The van der Waals surface area contributed by atoms with Crippen molar-refractivity contribution in [2.45, 2.75) is 24.2 Å². The van der Waals surface area contributed by atoms with E-state index in [1.54, 1.807) is 0 Å². The number of hydrogen-bond donors (Lipinski definition) is 1. The molecule has 0 unspecified atom stereocenters. The van der Waals surface area contributed by atoms with Crippen LogP contribution in [-0.2, 0) is 12.8 Å². The fourth-order valence-electron chi connectivity index (χ4n) is 2.46. The van der Waals surface area contributed by atoms with Crippen LogP contribution in [-0.4, -0.2) is 5.75 Å². The molecule has 0 saturated heterocycles. The molecule has 1 aliphatic heterocycles. The first-order valence-corrected chi connectivity index (χ1v) is 7.39. The van der Waals surface area contributed by atoms with Gasteiger partial charge in [0.1, 0.15) is 0 Å². The van der Waals surface area contributed by atoms with Gasteiger partial charge in [-0.15, -0.1) is 11.8 Å². The zero-order chi connectivity index (χ0) is 12.4. The molecular formula is C16H17NS. The molecule has 0 spiro atoms. The number of aryl methyl sites for hydroxylation is 1. The van der Waals surface area contributed by atoms with Crippen molar-refractivity contribution in [3.8, 4) is 0 Å². The van der Waals surface area contributed by atoms with E-state index in [9.17, 15) is 0 Å². The van der Waals surface area contributed by atoms with Gasteiger partial charge < -0.3 is 5.73 Å². The van der Waals surface area contributed by atoms with Gasteiger partial charge in [-0.25, -0.2) is 0 Å². The van der Waals surface area contributed by atoms with E-state index in [0.29, 0.717) is 0 Å². The molecule has 0 aromatic heterocycles. The largest absolute Gasteiger partial charge is 0.399 e. The van der Waals surface area contributed by atoms with E-state index in [-0.39, 0.29) is 0 Å². The smallest absolute Gasteiger partial charge is 0.0316 e. The summed E-state index contributed by atoms with van der Waals surface area (Å²) in [5, 5.41) is 0. The van der Waals surface area contributed by atoms with E-state index >= 15 is 0 Å². The summed E-state index contributed by atoms with van der Waals surface area (Å²) in [6.45, 7) is 0. The fraction of sp³-hybridized carbons (Fsp3) is 0.250. The predicted octanol–water partition coefficient (Wildman–Crippen LogP) is 3.90. The van der Waals surface area contributed by atoms with E-state index < -0.39 is 0 Å². The van der Waals surface area contributed by atoms with Crippen LogP contribution < -0.4 is 5.73 Å². The van der Waals surface area contributed by atoms with Gasteiger partial charge in [-0.2, -0.15) is 0 Å². The topological polar surface area (TPSA) is 26.0 Å². The molecule has 0 bridgehead atoms. The van der Waals surface area contributed by atoms with Crippen LogP contribution in [0.1, 0.15) is 23.1 Å². The highest BCUT2D eigenvalue weighted by atomic mass is 32.2. The van der Waals surface area contributed by atoms with Crippen LogP contribution in [0.3, 0.4) is 0 Å². The van der Waals surface area contributed by atoms with Gasteiger partial charge in [-0.3, -0.25) is 0 Å². The maximum Gasteiger partial charge on any atom is 0.0316 e. The minimum absolute atomic E-state index is 0.848. The summed E-state index contributed by atoms with van der Waals surface area (Å²) >= 11 is 1.99. The second-order valence-electron chi connectivity index (χ2n) is 4.82. The Morgan fingerprint density at radius 2 is 1.94 bits per heavy atom. The first-order valence-electron chi connectivity index (χ1n) is 6.40. The number of thioether (sulfide) groups is 1. The maximum absolute atomic E-state index is 5.82. The Bertz CT molecular complexity index is 563. The summed E-state index contributed by atoms with van der Waals surface area (Å²) in [5.41, 5.74) is 10.9. The Labute approximate surface area is 112 Å². The Hall–Kier alpha value is -1.41. The Morgan fingerprint density at radius 3 is 2.83 bits per heavy atom.